The molecule has 2 amide bonds. The van der Waals surface area contributed by atoms with Gasteiger partial charge in [0, 0.05) is 17.7 Å². The lowest BCUT2D eigenvalue weighted by Crippen LogP contribution is -2.45. The Balaban J connectivity index is 1.78. The molecule has 2 N–H and O–H groups in total. The maximum atomic E-state index is 13.3. The monoisotopic (exact) mass is 510 g/mol. The second-order valence-corrected chi connectivity index (χ2v) is 12.0. The topological polar surface area (TPSA) is 92.3 Å². The number of carbonyl (C=O) groups excluding carboxylic acids is 2. The standard InChI is InChI=1S/C28H31FN2O4S/c1-19-5-7-20(8-6-19)17-25(31-26(32)21-9-11-22(29)12-10-21)27(33)30-23-13-15-24(16-14-23)36(34,35)18-28(2,3)4/h5-16,25H,17-18H2,1-4H3,(H,30,33)(H,31,32)/t25-/m0/s1. The summed E-state index contributed by atoms with van der Waals surface area (Å²) in [6.45, 7) is 7.52. The molecule has 0 saturated carbocycles. The van der Waals surface area contributed by atoms with E-state index in [4.69, 9.17) is 0 Å². The molecule has 0 aliphatic heterocycles. The first-order chi connectivity index (χ1) is 16.8. The molecular formula is C28H31FN2O4S. The number of rotatable bonds is 8. The number of nitrogens with one attached hydrogen (secondary N) is 2. The SMILES string of the molecule is Cc1ccc(C[C@H](NC(=O)c2ccc(F)cc2)C(=O)Nc2ccc(S(=O)(=O)CC(C)(C)C)cc2)cc1. The summed E-state index contributed by atoms with van der Waals surface area (Å²) in [7, 11) is -3.47. The van der Waals surface area contributed by atoms with Crippen molar-refractivity contribution >= 4 is 27.3 Å². The highest BCUT2D eigenvalue weighted by molar-refractivity contribution is 7.91. The molecule has 0 bridgehead atoms. The highest BCUT2D eigenvalue weighted by Crippen LogP contribution is 2.23. The van der Waals surface area contributed by atoms with E-state index in [1.807, 2.05) is 52.0 Å². The highest BCUT2D eigenvalue weighted by Gasteiger charge is 2.25. The van der Waals surface area contributed by atoms with Crippen LogP contribution in [-0.4, -0.2) is 32.0 Å². The second-order valence-electron chi connectivity index (χ2n) is 10.1. The summed E-state index contributed by atoms with van der Waals surface area (Å²) in [4.78, 5) is 26.1. The van der Waals surface area contributed by atoms with Crippen molar-refractivity contribution in [3.63, 3.8) is 0 Å². The largest absolute Gasteiger partial charge is 0.340 e. The van der Waals surface area contributed by atoms with Gasteiger partial charge in [0.25, 0.3) is 5.91 Å². The Kier molecular flexibility index (Phi) is 8.30. The molecule has 0 saturated heterocycles. The van der Waals surface area contributed by atoms with Crippen LogP contribution in [0, 0.1) is 18.2 Å². The smallest absolute Gasteiger partial charge is 0.251 e. The van der Waals surface area contributed by atoms with Crippen LogP contribution in [0.2, 0.25) is 0 Å². The normalized spacial score (nSPS) is 12.6. The Morgan fingerprint density at radius 2 is 1.47 bits per heavy atom. The summed E-state index contributed by atoms with van der Waals surface area (Å²) >= 11 is 0. The molecule has 36 heavy (non-hydrogen) atoms. The number of benzene rings is 3. The van der Waals surface area contributed by atoms with Gasteiger partial charge in [-0.05, 0) is 66.4 Å². The van der Waals surface area contributed by atoms with Gasteiger partial charge in [0.2, 0.25) is 5.91 Å². The van der Waals surface area contributed by atoms with Gasteiger partial charge in [-0.15, -0.1) is 0 Å². The predicted molar refractivity (Wildman–Crippen MR) is 139 cm³/mol. The number of aryl methyl sites for hydroxylation is 1. The molecule has 6 nitrogen and oxygen atoms in total. The van der Waals surface area contributed by atoms with Crippen molar-refractivity contribution in [2.24, 2.45) is 5.41 Å². The summed E-state index contributed by atoms with van der Waals surface area (Å²) in [6.07, 6.45) is 0.233. The summed E-state index contributed by atoms with van der Waals surface area (Å²) < 4.78 is 38.5. The summed E-state index contributed by atoms with van der Waals surface area (Å²) in [6, 6.07) is 17.7. The minimum atomic E-state index is -3.47. The highest BCUT2D eigenvalue weighted by atomic mass is 32.2. The average molecular weight is 511 g/mol. The third-order valence-corrected chi connectivity index (χ3v) is 7.63. The van der Waals surface area contributed by atoms with E-state index in [1.165, 1.54) is 48.5 Å². The molecule has 0 radical (unpaired) electrons. The molecule has 1 atom stereocenters. The molecule has 0 fully saturated rings. The Morgan fingerprint density at radius 3 is 2.03 bits per heavy atom. The summed E-state index contributed by atoms with van der Waals surface area (Å²) in [5.74, 6) is -1.43. The van der Waals surface area contributed by atoms with E-state index in [9.17, 15) is 22.4 Å². The van der Waals surface area contributed by atoms with Crippen molar-refractivity contribution in [2.45, 2.75) is 45.1 Å². The lowest BCUT2D eigenvalue weighted by molar-refractivity contribution is -0.118. The fourth-order valence-electron chi connectivity index (χ4n) is 3.64. The fourth-order valence-corrected chi connectivity index (χ4v) is 5.50. The zero-order valence-corrected chi connectivity index (χ0v) is 21.7. The van der Waals surface area contributed by atoms with Crippen LogP contribution in [0.1, 0.15) is 42.3 Å². The van der Waals surface area contributed by atoms with E-state index in [0.29, 0.717) is 5.69 Å². The molecule has 8 heteroatoms. The summed E-state index contributed by atoms with van der Waals surface area (Å²) in [5.41, 5.74) is 2.16. The maximum Gasteiger partial charge on any atom is 0.251 e. The lowest BCUT2D eigenvalue weighted by Gasteiger charge is -2.20. The minimum Gasteiger partial charge on any atom is -0.340 e. The Bertz CT molecular complexity index is 1310. The number of anilines is 1. The first-order valence-electron chi connectivity index (χ1n) is 11.6. The first-order valence-corrected chi connectivity index (χ1v) is 13.2. The fraction of sp³-hybridized carbons (Fsp3) is 0.286. The van der Waals surface area contributed by atoms with Crippen LogP contribution < -0.4 is 10.6 Å². The van der Waals surface area contributed by atoms with Gasteiger partial charge in [-0.2, -0.15) is 0 Å². The number of carbonyl (C=O) groups is 2. The molecule has 3 rings (SSSR count). The molecule has 190 valence electrons. The third-order valence-electron chi connectivity index (χ3n) is 5.39. The molecule has 0 spiro atoms. The molecule has 0 aromatic heterocycles. The van der Waals surface area contributed by atoms with E-state index in [1.54, 1.807) is 0 Å². The van der Waals surface area contributed by atoms with Crippen LogP contribution in [0.5, 0.6) is 0 Å². The van der Waals surface area contributed by atoms with Crippen LogP contribution >= 0.6 is 0 Å². The van der Waals surface area contributed by atoms with Crippen LogP contribution in [0.25, 0.3) is 0 Å². The summed E-state index contributed by atoms with van der Waals surface area (Å²) in [5, 5.41) is 5.49. The number of sulfone groups is 1. The predicted octanol–water partition coefficient (Wildman–Crippen LogP) is 4.93. The first kappa shape index (κ1) is 27.1. The molecule has 0 unspecified atom stereocenters. The van der Waals surface area contributed by atoms with Crippen molar-refractivity contribution in [3.8, 4) is 0 Å². The molecule has 0 aliphatic carbocycles. The molecule has 3 aromatic rings. The van der Waals surface area contributed by atoms with Gasteiger partial charge in [0.15, 0.2) is 9.84 Å². The van der Waals surface area contributed by atoms with E-state index in [2.05, 4.69) is 10.6 Å². The van der Waals surface area contributed by atoms with Gasteiger partial charge < -0.3 is 10.6 Å². The average Bonchev–Trinajstić information content (AvgIpc) is 2.79. The van der Waals surface area contributed by atoms with E-state index < -0.39 is 38.9 Å². The maximum absolute atomic E-state index is 13.3. The van der Waals surface area contributed by atoms with Gasteiger partial charge in [0.1, 0.15) is 11.9 Å². The van der Waals surface area contributed by atoms with Gasteiger partial charge in [0.05, 0.1) is 10.6 Å². The Morgan fingerprint density at radius 1 is 0.889 bits per heavy atom. The zero-order valence-electron chi connectivity index (χ0n) is 20.8. The third kappa shape index (κ3) is 7.75. The van der Waals surface area contributed by atoms with Crippen molar-refractivity contribution in [3.05, 3.63) is 95.3 Å². The second kappa shape index (κ2) is 11.0. The van der Waals surface area contributed by atoms with Crippen molar-refractivity contribution in [2.75, 3.05) is 11.1 Å². The minimum absolute atomic E-state index is 0.000251. The van der Waals surface area contributed by atoms with E-state index in [-0.39, 0.29) is 22.6 Å². The van der Waals surface area contributed by atoms with Crippen molar-refractivity contribution in [1.82, 2.24) is 5.32 Å². The zero-order chi connectivity index (χ0) is 26.5. The van der Waals surface area contributed by atoms with Crippen molar-refractivity contribution in [1.29, 1.82) is 0 Å². The molecule has 0 heterocycles. The van der Waals surface area contributed by atoms with E-state index in [0.717, 1.165) is 11.1 Å². The number of halogens is 1. The van der Waals surface area contributed by atoms with Crippen LogP contribution in [-0.2, 0) is 21.1 Å². The molecule has 3 aromatic carbocycles. The molecular weight excluding hydrogens is 479 g/mol. The van der Waals surface area contributed by atoms with Crippen LogP contribution in [0.4, 0.5) is 10.1 Å². The van der Waals surface area contributed by atoms with Crippen LogP contribution in [0.15, 0.2) is 77.7 Å². The van der Waals surface area contributed by atoms with Gasteiger partial charge in [-0.3, -0.25) is 9.59 Å². The lowest BCUT2D eigenvalue weighted by atomic mass is 10.0. The Labute approximate surface area is 211 Å². The van der Waals surface area contributed by atoms with Gasteiger partial charge >= 0.3 is 0 Å². The number of hydrogen-bond donors (Lipinski definition) is 2. The number of amides is 2. The van der Waals surface area contributed by atoms with Gasteiger partial charge in [-0.1, -0.05) is 50.6 Å². The van der Waals surface area contributed by atoms with Crippen molar-refractivity contribution < 1.29 is 22.4 Å². The van der Waals surface area contributed by atoms with E-state index >= 15 is 0 Å². The Hall–Kier alpha value is -3.52. The quantitative estimate of drug-likeness (QED) is 0.449. The van der Waals surface area contributed by atoms with Crippen LogP contribution in [0.3, 0.4) is 0 Å². The van der Waals surface area contributed by atoms with Gasteiger partial charge in [-0.25, -0.2) is 12.8 Å². The number of hydrogen-bond acceptors (Lipinski definition) is 4. The molecule has 0 aliphatic rings.